The standard InChI is InChI=1S/C15H20N2O/c1-4-10-17-14(11(2)3)13(15(18)16-17)12-8-6-5-7-9-12/h5-9,11H,4,10H2,1-3H3,(H,16,18). The monoisotopic (exact) mass is 244 g/mol. The summed E-state index contributed by atoms with van der Waals surface area (Å²) >= 11 is 0. The lowest BCUT2D eigenvalue weighted by Crippen LogP contribution is -2.07. The quantitative estimate of drug-likeness (QED) is 0.879. The number of aromatic amines is 1. The van der Waals surface area contributed by atoms with Crippen molar-refractivity contribution in [1.82, 2.24) is 9.78 Å². The van der Waals surface area contributed by atoms with Crippen molar-refractivity contribution in [3.05, 3.63) is 46.4 Å². The summed E-state index contributed by atoms with van der Waals surface area (Å²) in [6.45, 7) is 7.22. The Hall–Kier alpha value is -1.77. The molecule has 18 heavy (non-hydrogen) atoms. The van der Waals surface area contributed by atoms with Crippen molar-refractivity contribution < 1.29 is 0 Å². The minimum atomic E-state index is 0.0124. The Morgan fingerprint density at radius 3 is 2.44 bits per heavy atom. The minimum absolute atomic E-state index is 0.0124. The highest BCUT2D eigenvalue weighted by Gasteiger charge is 2.18. The molecule has 0 bridgehead atoms. The molecule has 3 nitrogen and oxygen atoms in total. The van der Waals surface area contributed by atoms with Crippen LogP contribution in [-0.4, -0.2) is 9.78 Å². The van der Waals surface area contributed by atoms with Crippen molar-refractivity contribution in [2.75, 3.05) is 0 Å². The summed E-state index contributed by atoms with van der Waals surface area (Å²) in [6.07, 6.45) is 1.01. The van der Waals surface area contributed by atoms with Gasteiger partial charge in [0.05, 0.1) is 11.3 Å². The van der Waals surface area contributed by atoms with E-state index in [4.69, 9.17) is 0 Å². The lowest BCUT2D eigenvalue weighted by atomic mass is 9.99. The zero-order valence-electron chi connectivity index (χ0n) is 11.2. The minimum Gasteiger partial charge on any atom is -0.288 e. The molecule has 2 aromatic rings. The SMILES string of the molecule is CCCn1[nH]c(=O)c(-c2ccccc2)c1C(C)C. The summed E-state index contributed by atoms with van der Waals surface area (Å²) in [4.78, 5) is 12.2. The van der Waals surface area contributed by atoms with Gasteiger partial charge in [-0.15, -0.1) is 0 Å². The normalized spacial score (nSPS) is 11.1. The summed E-state index contributed by atoms with van der Waals surface area (Å²) in [5, 5.41) is 2.96. The predicted octanol–water partition coefficient (Wildman–Crippen LogP) is 3.38. The van der Waals surface area contributed by atoms with E-state index in [-0.39, 0.29) is 5.56 Å². The molecule has 0 unspecified atom stereocenters. The van der Waals surface area contributed by atoms with Crippen LogP contribution in [0.5, 0.6) is 0 Å². The van der Waals surface area contributed by atoms with Gasteiger partial charge in [-0.25, -0.2) is 0 Å². The van der Waals surface area contributed by atoms with Crippen LogP contribution < -0.4 is 5.56 Å². The van der Waals surface area contributed by atoms with E-state index >= 15 is 0 Å². The highest BCUT2D eigenvalue weighted by Crippen LogP contribution is 2.26. The molecule has 0 saturated carbocycles. The van der Waals surface area contributed by atoms with E-state index < -0.39 is 0 Å². The molecule has 96 valence electrons. The van der Waals surface area contributed by atoms with Crippen LogP contribution in [0.15, 0.2) is 35.1 Å². The number of rotatable bonds is 4. The molecule has 0 amide bonds. The molecular weight excluding hydrogens is 224 g/mol. The first-order chi connectivity index (χ1) is 8.65. The average molecular weight is 244 g/mol. The van der Waals surface area contributed by atoms with Gasteiger partial charge in [-0.05, 0) is 17.9 Å². The number of nitrogens with zero attached hydrogens (tertiary/aromatic N) is 1. The summed E-state index contributed by atoms with van der Waals surface area (Å²) in [5.41, 5.74) is 2.93. The topological polar surface area (TPSA) is 37.8 Å². The highest BCUT2D eigenvalue weighted by molar-refractivity contribution is 5.65. The number of aromatic nitrogens is 2. The van der Waals surface area contributed by atoms with Crippen molar-refractivity contribution in [2.45, 2.75) is 39.7 Å². The average Bonchev–Trinajstić information content (AvgIpc) is 2.67. The Kier molecular flexibility index (Phi) is 3.70. The van der Waals surface area contributed by atoms with Gasteiger partial charge < -0.3 is 0 Å². The van der Waals surface area contributed by atoms with Crippen LogP contribution in [0.4, 0.5) is 0 Å². The summed E-state index contributed by atoms with van der Waals surface area (Å²) in [6, 6.07) is 9.89. The van der Waals surface area contributed by atoms with Crippen molar-refractivity contribution in [3.63, 3.8) is 0 Å². The van der Waals surface area contributed by atoms with Gasteiger partial charge in [-0.3, -0.25) is 14.6 Å². The van der Waals surface area contributed by atoms with E-state index in [9.17, 15) is 4.79 Å². The molecule has 2 rings (SSSR count). The van der Waals surface area contributed by atoms with Gasteiger partial charge in [0.15, 0.2) is 0 Å². The van der Waals surface area contributed by atoms with E-state index in [1.165, 1.54) is 0 Å². The molecule has 0 spiro atoms. The van der Waals surface area contributed by atoms with E-state index in [2.05, 4.69) is 25.9 Å². The molecule has 0 aliphatic heterocycles. The number of aryl methyl sites for hydroxylation is 1. The van der Waals surface area contributed by atoms with Crippen LogP contribution >= 0.6 is 0 Å². The predicted molar refractivity (Wildman–Crippen MR) is 74.9 cm³/mol. The van der Waals surface area contributed by atoms with Gasteiger partial charge >= 0.3 is 0 Å². The van der Waals surface area contributed by atoms with Crippen LogP contribution in [0.3, 0.4) is 0 Å². The number of H-pyrrole nitrogens is 1. The first kappa shape index (κ1) is 12.7. The first-order valence-electron chi connectivity index (χ1n) is 6.53. The molecule has 3 heteroatoms. The molecule has 0 radical (unpaired) electrons. The molecule has 0 aliphatic rings. The van der Waals surface area contributed by atoms with Crippen LogP contribution in [0.2, 0.25) is 0 Å². The Morgan fingerprint density at radius 2 is 1.89 bits per heavy atom. The molecule has 0 fully saturated rings. The number of hydrogen-bond acceptors (Lipinski definition) is 1. The van der Waals surface area contributed by atoms with Gasteiger partial charge in [0.25, 0.3) is 5.56 Å². The Bertz CT molecular complexity index is 564. The van der Waals surface area contributed by atoms with Crippen molar-refractivity contribution >= 4 is 0 Å². The maximum atomic E-state index is 12.2. The Balaban J connectivity index is 2.63. The van der Waals surface area contributed by atoms with Crippen molar-refractivity contribution in [3.8, 4) is 11.1 Å². The zero-order chi connectivity index (χ0) is 13.1. The van der Waals surface area contributed by atoms with Crippen LogP contribution in [0, 0.1) is 0 Å². The van der Waals surface area contributed by atoms with Crippen LogP contribution in [0.25, 0.3) is 11.1 Å². The summed E-state index contributed by atoms with van der Waals surface area (Å²) < 4.78 is 2.00. The smallest absolute Gasteiger partial charge is 0.272 e. The molecule has 0 aliphatic carbocycles. The van der Waals surface area contributed by atoms with Gasteiger partial charge in [0.2, 0.25) is 0 Å². The maximum absolute atomic E-state index is 12.2. The molecule has 1 N–H and O–H groups in total. The third-order valence-corrected chi connectivity index (χ3v) is 3.07. The van der Waals surface area contributed by atoms with E-state index in [0.29, 0.717) is 5.92 Å². The number of benzene rings is 1. The molecule has 0 atom stereocenters. The van der Waals surface area contributed by atoms with Gasteiger partial charge in [-0.1, -0.05) is 51.1 Å². The third kappa shape index (κ3) is 2.26. The second-order valence-corrected chi connectivity index (χ2v) is 4.87. The van der Waals surface area contributed by atoms with Gasteiger partial charge in [0, 0.05) is 6.54 Å². The van der Waals surface area contributed by atoms with Gasteiger partial charge in [-0.2, -0.15) is 0 Å². The molecule has 0 saturated heterocycles. The lowest BCUT2D eigenvalue weighted by Gasteiger charge is -2.12. The summed E-state index contributed by atoms with van der Waals surface area (Å²) in [5.74, 6) is 0.325. The fourth-order valence-electron chi connectivity index (χ4n) is 2.37. The second-order valence-electron chi connectivity index (χ2n) is 4.87. The second kappa shape index (κ2) is 5.25. The van der Waals surface area contributed by atoms with Crippen LogP contribution in [0.1, 0.15) is 38.8 Å². The molecule has 1 aromatic carbocycles. The molecule has 1 heterocycles. The Morgan fingerprint density at radius 1 is 1.22 bits per heavy atom. The number of nitrogens with one attached hydrogen (secondary N) is 1. The largest absolute Gasteiger partial charge is 0.288 e. The maximum Gasteiger partial charge on any atom is 0.272 e. The van der Waals surface area contributed by atoms with Crippen LogP contribution in [-0.2, 0) is 6.54 Å². The fourth-order valence-corrected chi connectivity index (χ4v) is 2.37. The van der Waals surface area contributed by atoms with Gasteiger partial charge in [0.1, 0.15) is 0 Å². The van der Waals surface area contributed by atoms with E-state index in [1.54, 1.807) is 0 Å². The summed E-state index contributed by atoms with van der Waals surface area (Å²) in [7, 11) is 0. The highest BCUT2D eigenvalue weighted by atomic mass is 16.1. The van der Waals surface area contributed by atoms with E-state index in [1.807, 2.05) is 35.0 Å². The number of hydrogen-bond donors (Lipinski definition) is 1. The lowest BCUT2D eigenvalue weighted by molar-refractivity contribution is 0.555. The van der Waals surface area contributed by atoms with Crippen molar-refractivity contribution in [2.24, 2.45) is 0 Å². The fraction of sp³-hybridized carbons (Fsp3) is 0.400. The molecule has 1 aromatic heterocycles. The molecular formula is C15H20N2O. The third-order valence-electron chi connectivity index (χ3n) is 3.07. The first-order valence-corrected chi connectivity index (χ1v) is 6.53. The Labute approximate surface area is 107 Å². The van der Waals surface area contributed by atoms with E-state index in [0.717, 1.165) is 29.8 Å². The zero-order valence-corrected chi connectivity index (χ0v) is 11.2. The van der Waals surface area contributed by atoms with Crippen molar-refractivity contribution in [1.29, 1.82) is 0 Å².